The van der Waals surface area contributed by atoms with Gasteiger partial charge in [-0.05, 0) is 50.5 Å². The number of hydrogen-bond donors (Lipinski definition) is 1. The van der Waals surface area contributed by atoms with Gasteiger partial charge in [0.25, 0.3) is 5.56 Å². The molecule has 0 atom stereocenters. The standard InChI is InChI=1S/C25H31N3O5/c1-17(2)33-19-9-7-18(8-10-19)11-12-26-24(29)6-5-13-28-16-27-21-15-23(32-4)22(31-3)14-20(21)25(28)30/h7-10,14-17H,5-6,11-13H2,1-4H3,(H,26,29). The number of carbonyl (C=O) groups excluding carboxylic acids is 1. The van der Waals surface area contributed by atoms with Crippen LogP contribution in [0.2, 0.25) is 0 Å². The summed E-state index contributed by atoms with van der Waals surface area (Å²) in [4.78, 5) is 29.3. The molecule has 0 saturated carbocycles. The molecule has 33 heavy (non-hydrogen) atoms. The summed E-state index contributed by atoms with van der Waals surface area (Å²) in [6, 6.07) is 11.2. The first-order valence-electron chi connectivity index (χ1n) is 11.0. The van der Waals surface area contributed by atoms with Crippen molar-refractivity contribution in [2.24, 2.45) is 0 Å². The van der Waals surface area contributed by atoms with Crippen LogP contribution in [0.1, 0.15) is 32.3 Å². The van der Waals surface area contributed by atoms with Gasteiger partial charge in [-0.1, -0.05) is 12.1 Å². The number of fused-ring (bicyclic) bond motifs is 1. The summed E-state index contributed by atoms with van der Waals surface area (Å²) in [5.41, 5.74) is 1.49. The maximum atomic E-state index is 12.8. The van der Waals surface area contributed by atoms with Gasteiger partial charge in [-0.2, -0.15) is 0 Å². The zero-order valence-corrected chi connectivity index (χ0v) is 19.6. The lowest BCUT2D eigenvalue weighted by Gasteiger charge is -2.11. The van der Waals surface area contributed by atoms with Gasteiger partial charge in [-0.25, -0.2) is 4.98 Å². The van der Waals surface area contributed by atoms with Crippen LogP contribution in [-0.4, -0.2) is 42.3 Å². The van der Waals surface area contributed by atoms with Crippen LogP contribution >= 0.6 is 0 Å². The molecule has 0 aliphatic heterocycles. The second-order valence-electron chi connectivity index (χ2n) is 7.98. The van der Waals surface area contributed by atoms with Crippen LogP contribution in [0, 0.1) is 0 Å². The monoisotopic (exact) mass is 453 g/mol. The van der Waals surface area contributed by atoms with Gasteiger partial charge >= 0.3 is 0 Å². The number of methoxy groups -OCH3 is 2. The third-order valence-corrected chi connectivity index (χ3v) is 5.16. The predicted molar refractivity (Wildman–Crippen MR) is 127 cm³/mol. The first-order valence-corrected chi connectivity index (χ1v) is 11.0. The Morgan fingerprint density at radius 1 is 1.09 bits per heavy atom. The molecule has 0 unspecified atom stereocenters. The lowest BCUT2D eigenvalue weighted by molar-refractivity contribution is -0.121. The number of aryl methyl sites for hydroxylation is 1. The second-order valence-corrected chi connectivity index (χ2v) is 7.98. The van der Waals surface area contributed by atoms with Crippen molar-refractivity contribution in [3.8, 4) is 17.2 Å². The Morgan fingerprint density at radius 3 is 2.45 bits per heavy atom. The van der Waals surface area contributed by atoms with E-state index in [9.17, 15) is 9.59 Å². The topological polar surface area (TPSA) is 91.7 Å². The minimum Gasteiger partial charge on any atom is -0.493 e. The molecular formula is C25H31N3O5. The van der Waals surface area contributed by atoms with Gasteiger partial charge in [0.1, 0.15) is 5.75 Å². The predicted octanol–water partition coefficient (Wildman–Crippen LogP) is 3.34. The molecule has 2 aromatic carbocycles. The average molecular weight is 454 g/mol. The molecule has 3 aromatic rings. The quantitative estimate of drug-likeness (QED) is 0.479. The number of carbonyl (C=O) groups is 1. The van der Waals surface area contributed by atoms with Crippen LogP contribution in [0.15, 0.2) is 47.5 Å². The molecule has 0 aliphatic rings. The Morgan fingerprint density at radius 2 is 1.79 bits per heavy atom. The van der Waals surface area contributed by atoms with Crippen molar-refractivity contribution >= 4 is 16.8 Å². The zero-order valence-electron chi connectivity index (χ0n) is 19.6. The Kier molecular flexibility index (Phi) is 8.29. The molecule has 0 aliphatic carbocycles. The maximum absolute atomic E-state index is 12.8. The summed E-state index contributed by atoms with van der Waals surface area (Å²) >= 11 is 0. The molecule has 0 saturated heterocycles. The molecule has 1 amide bonds. The van der Waals surface area contributed by atoms with Crippen LogP contribution in [0.25, 0.3) is 10.9 Å². The van der Waals surface area contributed by atoms with Gasteiger partial charge in [0.05, 0.1) is 37.6 Å². The molecule has 0 bridgehead atoms. The molecule has 0 spiro atoms. The summed E-state index contributed by atoms with van der Waals surface area (Å²) in [7, 11) is 3.06. The maximum Gasteiger partial charge on any atom is 0.261 e. The highest BCUT2D eigenvalue weighted by Crippen LogP contribution is 2.29. The van der Waals surface area contributed by atoms with E-state index in [0.29, 0.717) is 48.3 Å². The van der Waals surface area contributed by atoms with Crippen LogP contribution in [-0.2, 0) is 17.8 Å². The zero-order chi connectivity index (χ0) is 23.8. The van der Waals surface area contributed by atoms with Crippen molar-refractivity contribution < 1.29 is 19.0 Å². The molecule has 0 fully saturated rings. The van der Waals surface area contributed by atoms with Crippen molar-refractivity contribution in [1.29, 1.82) is 0 Å². The first kappa shape index (κ1) is 24.1. The number of amides is 1. The largest absolute Gasteiger partial charge is 0.493 e. The molecule has 3 rings (SSSR count). The van der Waals surface area contributed by atoms with Gasteiger partial charge in [-0.3, -0.25) is 14.2 Å². The molecule has 1 heterocycles. The third-order valence-electron chi connectivity index (χ3n) is 5.16. The van der Waals surface area contributed by atoms with Gasteiger partial charge < -0.3 is 19.5 Å². The summed E-state index contributed by atoms with van der Waals surface area (Å²) in [5.74, 6) is 1.80. The fourth-order valence-corrected chi connectivity index (χ4v) is 3.50. The number of hydrogen-bond acceptors (Lipinski definition) is 6. The number of ether oxygens (including phenoxy) is 3. The minimum absolute atomic E-state index is 0.0389. The highest BCUT2D eigenvalue weighted by molar-refractivity contribution is 5.81. The Hall–Kier alpha value is -3.55. The Balaban J connectivity index is 1.48. The smallest absolute Gasteiger partial charge is 0.261 e. The number of benzene rings is 2. The molecule has 8 nitrogen and oxygen atoms in total. The summed E-state index contributed by atoms with van der Waals surface area (Å²) in [6.45, 7) is 4.94. The Bertz CT molecular complexity index is 1140. The highest BCUT2D eigenvalue weighted by atomic mass is 16.5. The molecule has 1 N–H and O–H groups in total. The third kappa shape index (κ3) is 6.47. The Labute approximate surface area is 193 Å². The lowest BCUT2D eigenvalue weighted by atomic mass is 10.1. The highest BCUT2D eigenvalue weighted by Gasteiger charge is 2.11. The summed E-state index contributed by atoms with van der Waals surface area (Å²) in [5, 5.41) is 3.38. The van der Waals surface area contributed by atoms with E-state index in [2.05, 4.69) is 10.3 Å². The van der Waals surface area contributed by atoms with Crippen LogP contribution in [0.5, 0.6) is 17.2 Å². The van der Waals surface area contributed by atoms with E-state index in [-0.39, 0.29) is 17.6 Å². The first-order chi connectivity index (χ1) is 15.9. The van der Waals surface area contributed by atoms with Crippen molar-refractivity contribution in [3.05, 3.63) is 58.6 Å². The van der Waals surface area contributed by atoms with Gasteiger partial charge in [0.2, 0.25) is 5.91 Å². The van der Waals surface area contributed by atoms with E-state index in [1.54, 1.807) is 12.1 Å². The van der Waals surface area contributed by atoms with E-state index < -0.39 is 0 Å². The van der Waals surface area contributed by atoms with Crippen LogP contribution in [0.3, 0.4) is 0 Å². The molecular weight excluding hydrogens is 422 g/mol. The van der Waals surface area contributed by atoms with Gasteiger partial charge in [0, 0.05) is 25.6 Å². The van der Waals surface area contributed by atoms with E-state index >= 15 is 0 Å². The normalized spacial score (nSPS) is 10.9. The molecule has 0 radical (unpaired) electrons. The molecule has 176 valence electrons. The van der Waals surface area contributed by atoms with E-state index in [1.807, 2.05) is 38.1 Å². The summed E-state index contributed by atoms with van der Waals surface area (Å²) < 4.78 is 17.7. The van der Waals surface area contributed by atoms with Crippen molar-refractivity contribution in [2.45, 2.75) is 45.8 Å². The van der Waals surface area contributed by atoms with Gasteiger partial charge in [-0.15, -0.1) is 0 Å². The van der Waals surface area contributed by atoms with E-state index in [1.165, 1.54) is 25.1 Å². The SMILES string of the molecule is COc1cc2ncn(CCCC(=O)NCCc3ccc(OC(C)C)cc3)c(=O)c2cc1OC. The van der Waals surface area contributed by atoms with Gasteiger partial charge in [0.15, 0.2) is 11.5 Å². The fourth-order valence-electron chi connectivity index (χ4n) is 3.50. The van der Waals surface area contributed by atoms with Crippen molar-refractivity contribution in [1.82, 2.24) is 14.9 Å². The van der Waals surface area contributed by atoms with Crippen molar-refractivity contribution in [3.63, 3.8) is 0 Å². The summed E-state index contributed by atoms with van der Waals surface area (Å²) in [6.07, 6.45) is 3.25. The number of nitrogens with one attached hydrogen (secondary N) is 1. The molecule has 8 heteroatoms. The average Bonchev–Trinajstić information content (AvgIpc) is 2.80. The minimum atomic E-state index is -0.175. The number of nitrogens with zero attached hydrogens (tertiary/aromatic N) is 2. The van der Waals surface area contributed by atoms with Crippen LogP contribution < -0.4 is 25.1 Å². The number of rotatable bonds is 11. The fraction of sp³-hybridized carbons (Fsp3) is 0.400. The molecule has 1 aromatic heterocycles. The van der Waals surface area contributed by atoms with Crippen molar-refractivity contribution in [2.75, 3.05) is 20.8 Å². The van der Waals surface area contributed by atoms with E-state index in [4.69, 9.17) is 14.2 Å². The van der Waals surface area contributed by atoms with Crippen LogP contribution in [0.4, 0.5) is 0 Å². The number of aromatic nitrogens is 2. The second kappa shape index (κ2) is 11.4. The lowest BCUT2D eigenvalue weighted by Crippen LogP contribution is -2.26. The van der Waals surface area contributed by atoms with E-state index in [0.717, 1.165) is 17.7 Å².